The summed E-state index contributed by atoms with van der Waals surface area (Å²) >= 11 is 0. The standard InChI is InChI=1S/C10H7N5O2/c1-17-10-14-8(13-9(16)15-10)7-6(5-11)3-2-4-12-7/h2-4H,1H3,(H,13,14,15,16). The number of ether oxygens (including phenoxy) is 1. The normalized spacial score (nSPS) is 9.65. The van der Waals surface area contributed by atoms with Crippen molar-refractivity contribution in [2.75, 3.05) is 7.11 Å². The third kappa shape index (κ3) is 2.10. The van der Waals surface area contributed by atoms with E-state index >= 15 is 0 Å². The first-order chi connectivity index (χ1) is 8.24. The predicted molar refractivity (Wildman–Crippen MR) is 56.0 cm³/mol. The van der Waals surface area contributed by atoms with E-state index in [4.69, 9.17) is 10.00 Å². The maximum atomic E-state index is 9.30. The van der Waals surface area contributed by atoms with Crippen molar-refractivity contribution in [1.29, 1.82) is 5.26 Å². The summed E-state index contributed by atoms with van der Waals surface area (Å²) < 4.78 is 4.80. The van der Waals surface area contributed by atoms with Crippen molar-refractivity contribution < 1.29 is 9.84 Å². The number of hydrogen-bond acceptors (Lipinski definition) is 7. The molecule has 2 rings (SSSR count). The molecule has 0 saturated heterocycles. The van der Waals surface area contributed by atoms with Crippen molar-refractivity contribution >= 4 is 0 Å². The minimum atomic E-state index is -0.485. The average Bonchev–Trinajstić information content (AvgIpc) is 2.37. The van der Waals surface area contributed by atoms with E-state index in [1.165, 1.54) is 13.3 Å². The van der Waals surface area contributed by atoms with Crippen LogP contribution in [0, 0.1) is 11.3 Å². The number of nitriles is 1. The van der Waals surface area contributed by atoms with Gasteiger partial charge in [0, 0.05) is 6.20 Å². The zero-order chi connectivity index (χ0) is 12.3. The van der Waals surface area contributed by atoms with Gasteiger partial charge in [0.05, 0.1) is 12.7 Å². The molecule has 17 heavy (non-hydrogen) atoms. The van der Waals surface area contributed by atoms with Crippen LogP contribution in [-0.4, -0.2) is 32.2 Å². The van der Waals surface area contributed by atoms with Gasteiger partial charge in [-0.15, -0.1) is 4.98 Å². The zero-order valence-corrected chi connectivity index (χ0v) is 8.82. The van der Waals surface area contributed by atoms with E-state index in [1.54, 1.807) is 12.1 Å². The van der Waals surface area contributed by atoms with Crippen molar-refractivity contribution in [3.05, 3.63) is 23.9 Å². The molecule has 7 nitrogen and oxygen atoms in total. The maximum Gasteiger partial charge on any atom is 0.322 e. The molecule has 1 N–H and O–H groups in total. The van der Waals surface area contributed by atoms with Crippen LogP contribution in [-0.2, 0) is 0 Å². The molecule has 7 heteroatoms. The van der Waals surface area contributed by atoms with E-state index in [9.17, 15) is 5.11 Å². The fourth-order valence-electron chi connectivity index (χ4n) is 1.22. The van der Waals surface area contributed by atoms with Gasteiger partial charge in [0.2, 0.25) is 0 Å². The summed E-state index contributed by atoms with van der Waals surface area (Å²) in [4.78, 5) is 15.1. The highest BCUT2D eigenvalue weighted by molar-refractivity contribution is 5.59. The van der Waals surface area contributed by atoms with Crippen LogP contribution in [0.3, 0.4) is 0 Å². The largest absolute Gasteiger partial charge is 0.479 e. The third-order valence-electron chi connectivity index (χ3n) is 1.93. The van der Waals surface area contributed by atoms with Gasteiger partial charge < -0.3 is 9.84 Å². The Bertz CT molecular complexity index is 593. The molecule has 2 aromatic rings. The van der Waals surface area contributed by atoms with Gasteiger partial charge in [-0.1, -0.05) is 0 Å². The number of rotatable bonds is 2. The summed E-state index contributed by atoms with van der Waals surface area (Å²) in [5.74, 6) is 0.0894. The Balaban J connectivity index is 2.60. The molecule has 0 radical (unpaired) electrons. The highest BCUT2D eigenvalue weighted by Crippen LogP contribution is 2.19. The summed E-state index contributed by atoms with van der Waals surface area (Å²) in [6.45, 7) is 0. The van der Waals surface area contributed by atoms with Gasteiger partial charge >= 0.3 is 12.0 Å². The second-order valence-corrected chi connectivity index (χ2v) is 2.96. The van der Waals surface area contributed by atoms with Gasteiger partial charge in [0.25, 0.3) is 0 Å². The van der Waals surface area contributed by atoms with Gasteiger partial charge in [0.1, 0.15) is 11.8 Å². The van der Waals surface area contributed by atoms with Crippen molar-refractivity contribution in [1.82, 2.24) is 19.9 Å². The summed E-state index contributed by atoms with van der Waals surface area (Å²) in [5.41, 5.74) is 0.575. The van der Waals surface area contributed by atoms with Crippen LogP contribution in [0.5, 0.6) is 12.0 Å². The highest BCUT2D eigenvalue weighted by atomic mass is 16.5. The molecule has 0 spiro atoms. The van der Waals surface area contributed by atoms with Crippen molar-refractivity contribution in [2.45, 2.75) is 0 Å². The van der Waals surface area contributed by atoms with E-state index in [0.29, 0.717) is 5.56 Å². The number of methoxy groups -OCH3 is 1. The molecule has 0 fully saturated rings. The van der Waals surface area contributed by atoms with Crippen molar-refractivity contribution in [3.8, 4) is 29.6 Å². The Morgan fingerprint density at radius 3 is 2.88 bits per heavy atom. The molecular weight excluding hydrogens is 222 g/mol. The summed E-state index contributed by atoms with van der Waals surface area (Å²) in [5, 5.41) is 18.2. The molecule has 84 valence electrons. The zero-order valence-electron chi connectivity index (χ0n) is 8.82. The number of aromatic hydroxyl groups is 1. The van der Waals surface area contributed by atoms with Crippen LogP contribution >= 0.6 is 0 Å². The summed E-state index contributed by atoms with van der Waals surface area (Å²) in [6.07, 6.45) is 1.50. The molecule has 0 unspecified atom stereocenters. The molecule has 0 atom stereocenters. The first-order valence-corrected chi connectivity index (χ1v) is 4.59. The Morgan fingerprint density at radius 2 is 2.18 bits per heavy atom. The number of pyridine rings is 1. The lowest BCUT2D eigenvalue weighted by molar-refractivity contribution is 0.356. The van der Waals surface area contributed by atoms with Crippen molar-refractivity contribution in [3.63, 3.8) is 0 Å². The highest BCUT2D eigenvalue weighted by Gasteiger charge is 2.12. The lowest BCUT2D eigenvalue weighted by atomic mass is 10.2. The monoisotopic (exact) mass is 229 g/mol. The van der Waals surface area contributed by atoms with Crippen LogP contribution in [0.2, 0.25) is 0 Å². The summed E-state index contributed by atoms with van der Waals surface area (Å²) in [6, 6.07) is 4.65. The number of aromatic nitrogens is 4. The van der Waals surface area contributed by atoms with Crippen LogP contribution in [0.1, 0.15) is 5.56 Å². The lowest BCUT2D eigenvalue weighted by Gasteiger charge is -2.03. The molecular formula is C10H7N5O2. The molecule has 0 bridgehead atoms. The van der Waals surface area contributed by atoms with Gasteiger partial charge in [-0.25, -0.2) is 0 Å². The van der Waals surface area contributed by atoms with Crippen molar-refractivity contribution in [2.24, 2.45) is 0 Å². The van der Waals surface area contributed by atoms with E-state index in [2.05, 4.69) is 19.9 Å². The van der Waals surface area contributed by atoms with Crippen LogP contribution in [0.25, 0.3) is 11.5 Å². The Kier molecular flexibility index (Phi) is 2.79. The molecule has 0 amide bonds. The van der Waals surface area contributed by atoms with E-state index in [1.807, 2.05) is 6.07 Å². The molecule has 0 aromatic carbocycles. The number of hydrogen-bond donors (Lipinski definition) is 1. The van der Waals surface area contributed by atoms with Crippen LogP contribution in [0.15, 0.2) is 18.3 Å². The smallest absolute Gasteiger partial charge is 0.322 e. The van der Waals surface area contributed by atoms with E-state index < -0.39 is 6.01 Å². The first-order valence-electron chi connectivity index (χ1n) is 4.59. The second kappa shape index (κ2) is 4.40. The topological polar surface area (TPSA) is 105 Å². The SMILES string of the molecule is COc1nc(O)nc(-c2ncccc2C#N)n1. The molecule has 0 saturated carbocycles. The van der Waals surface area contributed by atoms with E-state index in [-0.39, 0.29) is 17.5 Å². The van der Waals surface area contributed by atoms with Gasteiger partial charge in [-0.05, 0) is 12.1 Å². The average molecular weight is 229 g/mol. The first kappa shape index (κ1) is 10.8. The Labute approximate surface area is 96.4 Å². The Hall–Kier alpha value is -2.75. The molecule has 0 aliphatic carbocycles. The van der Waals surface area contributed by atoms with Gasteiger partial charge in [-0.3, -0.25) is 4.98 Å². The predicted octanol–water partition coefficient (Wildman–Crippen LogP) is 0.519. The fourth-order valence-corrected chi connectivity index (χ4v) is 1.22. The van der Waals surface area contributed by atoms with Crippen LogP contribution < -0.4 is 4.74 Å². The Morgan fingerprint density at radius 1 is 1.35 bits per heavy atom. The fraction of sp³-hybridized carbons (Fsp3) is 0.100. The molecule has 2 aromatic heterocycles. The quantitative estimate of drug-likeness (QED) is 0.800. The number of nitrogens with zero attached hydrogens (tertiary/aromatic N) is 5. The lowest BCUT2D eigenvalue weighted by Crippen LogP contribution is -1.99. The molecule has 2 heterocycles. The van der Waals surface area contributed by atoms with Gasteiger partial charge in [0.15, 0.2) is 5.82 Å². The van der Waals surface area contributed by atoms with Gasteiger partial charge in [-0.2, -0.15) is 15.2 Å². The maximum absolute atomic E-state index is 9.30. The minimum absolute atomic E-state index is 0.0398. The van der Waals surface area contributed by atoms with Crippen LogP contribution in [0.4, 0.5) is 0 Å². The van der Waals surface area contributed by atoms with E-state index in [0.717, 1.165) is 0 Å². The second-order valence-electron chi connectivity index (χ2n) is 2.96. The molecule has 0 aliphatic heterocycles. The third-order valence-corrected chi connectivity index (χ3v) is 1.93. The summed E-state index contributed by atoms with van der Waals surface area (Å²) in [7, 11) is 1.36. The minimum Gasteiger partial charge on any atom is -0.479 e. The molecule has 0 aliphatic rings.